The second-order valence-electron chi connectivity index (χ2n) is 6.48. The lowest BCUT2D eigenvalue weighted by molar-refractivity contribution is -0.145. The molecule has 2 aromatic rings. The maximum Gasteiger partial charge on any atom is 0.330 e. The molecule has 1 aliphatic rings. The number of nitrogens with one attached hydrogen (secondary N) is 1. The lowest BCUT2D eigenvalue weighted by Crippen LogP contribution is -2.33. The summed E-state index contributed by atoms with van der Waals surface area (Å²) in [5.41, 5.74) is 0.723. The molecule has 144 valence electrons. The van der Waals surface area contributed by atoms with Crippen molar-refractivity contribution < 1.29 is 14.3 Å². The third-order valence-electron chi connectivity index (χ3n) is 4.39. The molecule has 1 saturated heterocycles. The monoisotopic (exact) mass is 390 g/mol. The van der Waals surface area contributed by atoms with E-state index in [2.05, 4.69) is 17.1 Å². The molecular weight excluding hydrogens is 368 g/mol. The number of rotatable bonds is 6. The van der Waals surface area contributed by atoms with E-state index in [-0.39, 0.29) is 23.9 Å². The number of nitrogens with zero attached hydrogens (tertiary/aromatic N) is 1. The fraction of sp³-hybridized carbons (Fsp3) is 0.421. The van der Waals surface area contributed by atoms with Gasteiger partial charge in [0.2, 0.25) is 0 Å². The van der Waals surface area contributed by atoms with Gasteiger partial charge >= 0.3 is 11.7 Å². The molecule has 1 N–H and O–H groups in total. The van der Waals surface area contributed by atoms with Crippen LogP contribution in [0.3, 0.4) is 0 Å². The Morgan fingerprint density at radius 1 is 1.33 bits per heavy atom. The fourth-order valence-electron chi connectivity index (χ4n) is 2.97. The van der Waals surface area contributed by atoms with E-state index in [1.807, 2.05) is 18.2 Å². The molecule has 1 aromatic heterocycles. The molecule has 0 aliphatic carbocycles. The number of aromatic nitrogens is 2. The second-order valence-corrected chi connectivity index (χ2v) is 7.71. The maximum absolute atomic E-state index is 12.2. The molecule has 0 bridgehead atoms. The number of aromatic amines is 1. The predicted octanol–water partition coefficient (Wildman–Crippen LogP) is 2.00. The molecule has 1 aliphatic heterocycles. The van der Waals surface area contributed by atoms with Gasteiger partial charge in [0.25, 0.3) is 5.56 Å². The number of aryl methyl sites for hydroxylation is 1. The number of thioether (sulfide) groups is 1. The lowest BCUT2D eigenvalue weighted by Gasteiger charge is -2.18. The van der Waals surface area contributed by atoms with Gasteiger partial charge in [0, 0.05) is 36.1 Å². The standard InChI is InChI=1S/C19H22N2O5S/c1-12-9-21(19(24)20-18(12)23)17-8-16(15(26-17)10-25-13(2)22)27-11-14-6-4-3-5-7-14/h3-7,9,15-17H,8,10-11H2,1-2H3,(H,20,23,24)/t15-,16+,17+/m1/s1. The highest BCUT2D eigenvalue weighted by Gasteiger charge is 2.37. The van der Waals surface area contributed by atoms with Crippen molar-refractivity contribution in [1.29, 1.82) is 0 Å². The minimum Gasteiger partial charge on any atom is -0.463 e. The number of esters is 1. The van der Waals surface area contributed by atoms with Crippen LogP contribution in [0.15, 0.2) is 46.1 Å². The number of hydrogen-bond donors (Lipinski definition) is 1. The third kappa shape index (κ3) is 4.90. The summed E-state index contributed by atoms with van der Waals surface area (Å²) in [5, 5.41) is 0.0497. The molecule has 3 atom stereocenters. The molecule has 7 nitrogen and oxygen atoms in total. The molecular formula is C19H22N2O5S. The molecule has 0 saturated carbocycles. The van der Waals surface area contributed by atoms with Gasteiger partial charge in [-0.25, -0.2) is 4.79 Å². The average Bonchev–Trinajstić information content (AvgIpc) is 3.05. The quantitative estimate of drug-likeness (QED) is 0.759. The first-order valence-electron chi connectivity index (χ1n) is 8.70. The summed E-state index contributed by atoms with van der Waals surface area (Å²) in [6.07, 6.45) is 1.25. The molecule has 0 unspecified atom stereocenters. The van der Waals surface area contributed by atoms with Gasteiger partial charge in [-0.3, -0.25) is 19.1 Å². The summed E-state index contributed by atoms with van der Waals surface area (Å²) < 4.78 is 12.6. The Hall–Kier alpha value is -2.32. The van der Waals surface area contributed by atoms with Crippen molar-refractivity contribution in [3.63, 3.8) is 0 Å². The zero-order chi connectivity index (χ0) is 19.4. The van der Waals surface area contributed by atoms with Gasteiger partial charge in [-0.05, 0) is 12.5 Å². The van der Waals surface area contributed by atoms with Crippen LogP contribution in [0.2, 0.25) is 0 Å². The van der Waals surface area contributed by atoms with Gasteiger partial charge in [0.1, 0.15) is 18.9 Å². The highest BCUT2D eigenvalue weighted by molar-refractivity contribution is 7.99. The number of carbonyl (C=O) groups excluding carboxylic acids is 1. The van der Waals surface area contributed by atoms with Gasteiger partial charge in [-0.2, -0.15) is 11.8 Å². The number of H-pyrrole nitrogens is 1. The SMILES string of the molecule is CC(=O)OC[C@H]1O[C@H](n2cc(C)c(=O)[nH]c2=O)C[C@@H]1SCc1ccccc1. The van der Waals surface area contributed by atoms with E-state index in [4.69, 9.17) is 9.47 Å². The molecule has 1 aromatic carbocycles. The smallest absolute Gasteiger partial charge is 0.330 e. The second kappa shape index (κ2) is 8.58. The van der Waals surface area contributed by atoms with E-state index in [0.717, 1.165) is 5.75 Å². The van der Waals surface area contributed by atoms with Crippen LogP contribution in [0.1, 0.15) is 30.7 Å². The van der Waals surface area contributed by atoms with Gasteiger partial charge in [-0.1, -0.05) is 30.3 Å². The number of hydrogen-bond acceptors (Lipinski definition) is 6. The van der Waals surface area contributed by atoms with Crippen LogP contribution in [0.4, 0.5) is 0 Å². The molecule has 0 radical (unpaired) electrons. The first kappa shape index (κ1) is 19.4. The Kier molecular flexibility index (Phi) is 6.18. The number of benzene rings is 1. The summed E-state index contributed by atoms with van der Waals surface area (Å²) in [6, 6.07) is 10.1. The van der Waals surface area contributed by atoms with Gasteiger partial charge in [0.15, 0.2) is 0 Å². The largest absolute Gasteiger partial charge is 0.463 e. The zero-order valence-corrected chi connectivity index (χ0v) is 16.0. The first-order chi connectivity index (χ1) is 12.9. The minimum absolute atomic E-state index is 0.0497. The average molecular weight is 390 g/mol. The predicted molar refractivity (Wildman–Crippen MR) is 103 cm³/mol. The molecule has 1 fully saturated rings. The summed E-state index contributed by atoms with van der Waals surface area (Å²) in [7, 11) is 0. The zero-order valence-electron chi connectivity index (χ0n) is 15.2. The summed E-state index contributed by atoms with van der Waals surface area (Å²) >= 11 is 1.70. The van der Waals surface area contributed by atoms with Crippen molar-refractivity contribution >= 4 is 17.7 Å². The number of ether oxygens (including phenoxy) is 2. The van der Waals surface area contributed by atoms with Crippen molar-refractivity contribution in [2.75, 3.05) is 6.61 Å². The van der Waals surface area contributed by atoms with Crippen LogP contribution in [-0.2, 0) is 20.0 Å². The summed E-state index contributed by atoms with van der Waals surface area (Å²) in [4.78, 5) is 37.3. The van der Waals surface area contributed by atoms with Crippen LogP contribution in [-0.4, -0.2) is 33.5 Å². The number of carbonyl (C=O) groups is 1. The van der Waals surface area contributed by atoms with Crippen LogP contribution < -0.4 is 11.2 Å². The normalized spacial score (nSPS) is 21.9. The van der Waals surface area contributed by atoms with Gasteiger partial charge in [-0.15, -0.1) is 0 Å². The Labute approximate surface area is 160 Å². The minimum atomic E-state index is -0.512. The van der Waals surface area contributed by atoms with Crippen LogP contribution >= 0.6 is 11.8 Å². The summed E-state index contributed by atoms with van der Waals surface area (Å²) in [6.45, 7) is 3.13. The van der Waals surface area contributed by atoms with Gasteiger partial charge < -0.3 is 9.47 Å². The lowest BCUT2D eigenvalue weighted by atomic mass is 10.2. The van der Waals surface area contributed by atoms with Crippen molar-refractivity contribution in [2.24, 2.45) is 0 Å². The molecule has 2 heterocycles. The molecule has 8 heteroatoms. The Morgan fingerprint density at radius 2 is 2.07 bits per heavy atom. The van der Waals surface area contributed by atoms with Crippen molar-refractivity contribution in [3.05, 3.63) is 68.5 Å². The highest BCUT2D eigenvalue weighted by Crippen LogP contribution is 2.37. The van der Waals surface area contributed by atoms with E-state index in [9.17, 15) is 14.4 Å². The van der Waals surface area contributed by atoms with E-state index in [0.29, 0.717) is 12.0 Å². The van der Waals surface area contributed by atoms with Crippen molar-refractivity contribution in [3.8, 4) is 0 Å². The third-order valence-corrected chi connectivity index (χ3v) is 5.82. The molecule has 3 rings (SSSR count). The topological polar surface area (TPSA) is 90.4 Å². The Morgan fingerprint density at radius 3 is 2.78 bits per heavy atom. The van der Waals surface area contributed by atoms with Crippen LogP contribution in [0.5, 0.6) is 0 Å². The van der Waals surface area contributed by atoms with Gasteiger partial charge in [0.05, 0.1) is 0 Å². The van der Waals surface area contributed by atoms with Crippen molar-refractivity contribution in [2.45, 2.75) is 43.6 Å². The molecule has 0 spiro atoms. The molecule has 27 heavy (non-hydrogen) atoms. The van der Waals surface area contributed by atoms with Crippen LogP contribution in [0, 0.1) is 6.92 Å². The van der Waals surface area contributed by atoms with E-state index >= 15 is 0 Å². The Balaban J connectivity index is 1.76. The molecule has 0 amide bonds. The van der Waals surface area contributed by atoms with E-state index in [1.54, 1.807) is 18.7 Å². The van der Waals surface area contributed by atoms with E-state index in [1.165, 1.54) is 23.3 Å². The maximum atomic E-state index is 12.2. The highest BCUT2D eigenvalue weighted by atomic mass is 32.2. The first-order valence-corrected chi connectivity index (χ1v) is 9.75. The van der Waals surface area contributed by atoms with Crippen molar-refractivity contribution in [1.82, 2.24) is 9.55 Å². The Bertz CT molecular complexity index is 908. The van der Waals surface area contributed by atoms with Crippen LogP contribution in [0.25, 0.3) is 0 Å². The van der Waals surface area contributed by atoms with E-state index < -0.39 is 17.5 Å². The fourth-order valence-corrected chi connectivity index (χ4v) is 4.23. The summed E-state index contributed by atoms with van der Waals surface area (Å²) in [5.74, 6) is 0.420.